The number of nitrogens with two attached hydrogens (primary N) is 1. The van der Waals surface area contributed by atoms with Crippen LogP contribution in [0.2, 0.25) is 0 Å². The maximum Gasteiger partial charge on any atom is 0.311 e. The number of nitrogen functional groups attached to an aromatic ring is 1. The van der Waals surface area contributed by atoms with Crippen molar-refractivity contribution < 1.29 is 14.3 Å². The van der Waals surface area contributed by atoms with Crippen molar-refractivity contribution >= 4 is 29.0 Å². The van der Waals surface area contributed by atoms with Crippen LogP contribution in [-0.2, 0) is 16.0 Å². The topological polar surface area (TPSA) is 118 Å². The predicted octanol–water partition coefficient (Wildman–Crippen LogP) is 3.24. The van der Waals surface area contributed by atoms with E-state index in [4.69, 9.17) is 15.9 Å². The van der Waals surface area contributed by atoms with Crippen molar-refractivity contribution in [3.63, 3.8) is 0 Å². The molecule has 0 radical (unpaired) electrons. The molecule has 2 heterocycles. The molecule has 2 aromatic heterocycles. The Balaban J connectivity index is 1.73. The fourth-order valence-electron chi connectivity index (χ4n) is 3.24. The largest absolute Gasteiger partial charge is 0.469 e. The highest BCUT2D eigenvalue weighted by Crippen LogP contribution is 2.27. The minimum atomic E-state index is -0.589. The van der Waals surface area contributed by atoms with E-state index in [9.17, 15) is 9.59 Å². The second kappa shape index (κ2) is 9.99. The number of amidine groups is 1. The summed E-state index contributed by atoms with van der Waals surface area (Å²) < 4.78 is 4.97. The zero-order valence-electron chi connectivity index (χ0n) is 17.3. The van der Waals surface area contributed by atoms with Crippen LogP contribution in [0.5, 0.6) is 0 Å². The number of hydrogen-bond acceptors (Lipinski definition) is 6. The quantitative estimate of drug-likeness (QED) is 0.285. The number of esters is 1. The van der Waals surface area contributed by atoms with Gasteiger partial charge in [-0.05, 0) is 43.2 Å². The highest BCUT2D eigenvalue weighted by Gasteiger charge is 2.28. The van der Waals surface area contributed by atoms with Gasteiger partial charge < -0.3 is 15.8 Å². The molecule has 31 heavy (non-hydrogen) atoms. The molecule has 0 bridgehead atoms. The Hall–Kier alpha value is -3.52. The van der Waals surface area contributed by atoms with Crippen LogP contribution < -0.4 is 11.1 Å². The Morgan fingerprint density at radius 2 is 2.03 bits per heavy atom. The van der Waals surface area contributed by atoms with Gasteiger partial charge in [-0.15, -0.1) is 11.3 Å². The third-order valence-electron chi connectivity index (χ3n) is 4.94. The molecule has 2 unspecified atom stereocenters. The summed E-state index contributed by atoms with van der Waals surface area (Å²) in [7, 11) is 1.33. The van der Waals surface area contributed by atoms with Crippen molar-refractivity contribution in [3.05, 3.63) is 76.9 Å². The van der Waals surface area contributed by atoms with Gasteiger partial charge in [-0.2, -0.15) is 0 Å². The second-order valence-corrected chi connectivity index (χ2v) is 8.20. The molecule has 0 saturated carbocycles. The number of hydrogen-bond donors (Lipinski definition) is 3. The molecule has 0 aliphatic carbocycles. The highest BCUT2D eigenvalue weighted by molar-refractivity contribution is 7.17. The Kier molecular flexibility index (Phi) is 7.15. The van der Waals surface area contributed by atoms with Gasteiger partial charge in [0.2, 0.25) is 0 Å². The number of carbonyl (C=O) groups excluding carboxylic acids is 2. The number of pyridine rings is 1. The lowest BCUT2D eigenvalue weighted by Crippen LogP contribution is -2.42. The zero-order valence-corrected chi connectivity index (χ0v) is 18.1. The molecule has 0 saturated heterocycles. The van der Waals surface area contributed by atoms with Crippen molar-refractivity contribution in [2.45, 2.75) is 19.4 Å². The van der Waals surface area contributed by atoms with Crippen LogP contribution in [0.4, 0.5) is 0 Å². The van der Waals surface area contributed by atoms with E-state index in [1.807, 2.05) is 24.3 Å². The molecule has 7 nitrogen and oxygen atoms in total. The van der Waals surface area contributed by atoms with Crippen molar-refractivity contribution in [1.29, 1.82) is 5.41 Å². The van der Waals surface area contributed by atoms with Gasteiger partial charge in [0, 0.05) is 34.4 Å². The lowest BCUT2D eigenvalue weighted by Gasteiger charge is -2.23. The van der Waals surface area contributed by atoms with Crippen molar-refractivity contribution in [2.75, 3.05) is 7.11 Å². The van der Waals surface area contributed by atoms with Gasteiger partial charge in [0.25, 0.3) is 5.91 Å². The summed E-state index contributed by atoms with van der Waals surface area (Å²) in [5, 5.41) is 10.5. The van der Waals surface area contributed by atoms with Crippen LogP contribution in [0.25, 0.3) is 10.4 Å². The van der Waals surface area contributed by atoms with Crippen LogP contribution in [0.1, 0.15) is 27.7 Å². The normalized spacial score (nSPS) is 12.6. The monoisotopic (exact) mass is 436 g/mol. The van der Waals surface area contributed by atoms with Crippen LogP contribution in [0.3, 0.4) is 0 Å². The van der Waals surface area contributed by atoms with E-state index in [-0.39, 0.29) is 11.7 Å². The summed E-state index contributed by atoms with van der Waals surface area (Å²) in [6.07, 6.45) is 3.80. The van der Waals surface area contributed by atoms with Crippen LogP contribution >= 0.6 is 11.3 Å². The summed E-state index contributed by atoms with van der Waals surface area (Å²) in [4.78, 5) is 30.8. The summed E-state index contributed by atoms with van der Waals surface area (Å²) >= 11 is 1.37. The molecule has 3 rings (SSSR count). The van der Waals surface area contributed by atoms with Gasteiger partial charge >= 0.3 is 5.97 Å². The Morgan fingerprint density at radius 3 is 2.71 bits per heavy atom. The predicted molar refractivity (Wildman–Crippen MR) is 121 cm³/mol. The number of rotatable bonds is 8. The molecule has 0 spiro atoms. The molecule has 0 aliphatic heterocycles. The van der Waals surface area contributed by atoms with Crippen molar-refractivity contribution in [1.82, 2.24) is 10.3 Å². The fraction of sp³-hybridized carbons (Fsp3) is 0.217. The zero-order chi connectivity index (χ0) is 22.4. The number of benzene rings is 1. The number of carbonyl (C=O) groups is 2. The molecule has 2 atom stereocenters. The first-order valence-corrected chi connectivity index (χ1v) is 10.5. The first kappa shape index (κ1) is 22.2. The average molecular weight is 437 g/mol. The Labute approximate surface area is 184 Å². The van der Waals surface area contributed by atoms with Crippen LogP contribution in [0.15, 0.2) is 60.9 Å². The molecule has 0 aliphatic rings. The summed E-state index contributed by atoms with van der Waals surface area (Å²) in [5.74, 6) is -1.30. The number of methoxy groups -OCH3 is 1. The smallest absolute Gasteiger partial charge is 0.311 e. The van der Waals surface area contributed by atoms with Crippen molar-refractivity contribution in [3.8, 4) is 10.4 Å². The van der Waals surface area contributed by atoms with E-state index in [1.165, 1.54) is 18.4 Å². The van der Waals surface area contributed by atoms with Gasteiger partial charge in [-0.25, -0.2) is 0 Å². The third kappa shape index (κ3) is 5.55. The first-order valence-electron chi connectivity index (χ1n) is 9.71. The molecule has 1 amide bonds. The number of ether oxygens (including phenoxy) is 1. The van der Waals surface area contributed by atoms with Gasteiger partial charge in [0.1, 0.15) is 5.84 Å². The van der Waals surface area contributed by atoms with Crippen LogP contribution in [0, 0.1) is 11.3 Å². The number of aromatic nitrogens is 1. The average Bonchev–Trinajstić information content (AvgIpc) is 3.28. The van der Waals surface area contributed by atoms with Gasteiger partial charge in [0.05, 0.1) is 17.9 Å². The lowest BCUT2D eigenvalue weighted by molar-refractivity contribution is -0.146. The van der Waals surface area contributed by atoms with E-state index in [1.54, 1.807) is 43.6 Å². The highest BCUT2D eigenvalue weighted by atomic mass is 32.1. The first-order chi connectivity index (χ1) is 14.9. The molecular weight excluding hydrogens is 412 g/mol. The lowest BCUT2D eigenvalue weighted by atomic mass is 9.92. The minimum Gasteiger partial charge on any atom is -0.469 e. The van der Waals surface area contributed by atoms with Gasteiger partial charge in [-0.3, -0.25) is 20.0 Å². The fourth-order valence-corrected chi connectivity index (χ4v) is 4.14. The minimum absolute atomic E-state index is 0.0417. The van der Waals surface area contributed by atoms with Crippen molar-refractivity contribution in [2.24, 2.45) is 11.7 Å². The van der Waals surface area contributed by atoms with Crippen LogP contribution in [-0.4, -0.2) is 35.8 Å². The standard InChI is InChI=1S/C23H24N4O3S/c1-14(18(23(29)30-2)12-15-5-3-6-16(11-15)21(24)25)27-22(28)20-9-8-19(31-20)17-7-4-10-26-13-17/h3-11,13-14,18H,12H2,1-2H3,(H3,24,25)(H,27,28). The SMILES string of the molecule is COC(=O)C(Cc1cccc(C(=N)N)c1)C(C)NC(=O)c1ccc(-c2cccnc2)s1. The molecule has 1 aromatic carbocycles. The van der Waals surface area contributed by atoms with E-state index in [0.29, 0.717) is 16.9 Å². The Morgan fingerprint density at radius 1 is 1.23 bits per heavy atom. The second-order valence-electron chi connectivity index (χ2n) is 7.12. The maximum atomic E-state index is 12.8. The van der Waals surface area contributed by atoms with E-state index in [0.717, 1.165) is 16.0 Å². The Bertz CT molecular complexity index is 1080. The van der Waals surface area contributed by atoms with E-state index in [2.05, 4.69) is 10.3 Å². The third-order valence-corrected chi connectivity index (χ3v) is 6.07. The van der Waals surface area contributed by atoms with E-state index < -0.39 is 17.9 Å². The molecular formula is C23H24N4O3S. The van der Waals surface area contributed by atoms with Gasteiger partial charge in [0.15, 0.2) is 0 Å². The summed E-state index contributed by atoms with van der Waals surface area (Å²) in [6, 6.07) is 14.1. The number of amides is 1. The maximum absolute atomic E-state index is 12.8. The molecule has 0 fully saturated rings. The van der Waals surface area contributed by atoms with E-state index >= 15 is 0 Å². The molecule has 4 N–H and O–H groups in total. The summed E-state index contributed by atoms with van der Waals surface area (Å²) in [5.41, 5.74) is 7.92. The molecule has 160 valence electrons. The van der Waals surface area contributed by atoms with Gasteiger partial charge in [-0.1, -0.05) is 24.3 Å². The number of nitrogens with one attached hydrogen (secondary N) is 2. The number of thiophene rings is 1. The molecule has 3 aromatic rings. The summed E-state index contributed by atoms with van der Waals surface area (Å²) in [6.45, 7) is 1.78. The number of nitrogens with zero attached hydrogens (tertiary/aromatic N) is 1. The molecule has 8 heteroatoms.